The van der Waals surface area contributed by atoms with Crippen LogP contribution in [0.2, 0.25) is 0 Å². The molecular weight excluding hydrogens is 563 g/mol. The summed E-state index contributed by atoms with van der Waals surface area (Å²) in [5.74, 6) is -0.0592. The molecule has 2 rings (SSSR count). The molecule has 0 saturated carbocycles. The predicted octanol–water partition coefficient (Wildman–Crippen LogP) is 8.24. The number of aromatic hydroxyl groups is 1. The van der Waals surface area contributed by atoms with Crippen LogP contribution in [0, 0.1) is 16.2 Å². The summed E-state index contributed by atoms with van der Waals surface area (Å²) in [5.41, 5.74) is 0.0843. The van der Waals surface area contributed by atoms with Gasteiger partial charge in [-0.3, -0.25) is 9.59 Å². The fraction of sp³-hybridized carbons (Fsp3) is 0.514. The lowest BCUT2D eigenvalue weighted by Gasteiger charge is -2.43. The first-order valence-corrected chi connectivity index (χ1v) is 14.7. The van der Waals surface area contributed by atoms with Gasteiger partial charge in [0.2, 0.25) is 0 Å². The van der Waals surface area contributed by atoms with Gasteiger partial charge in [0.1, 0.15) is 17.2 Å². The molecule has 0 aliphatic carbocycles. The average molecular weight is 615 g/mol. The number of phenols is 1. The fourth-order valence-electron chi connectivity index (χ4n) is 4.56. The van der Waals surface area contributed by atoms with Crippen LogP contribution in [-0.2, 0) is 14.3 Å². The van der Waals surface area contributed by atoms with Crippen LogP contribution < -0.4 is 9.47 Å². The summed E-state index contributed by atoms with van der Waals surface area (Å²) in [6.07, 6.45) is 7.18. The van der Waals surface area contributed by atoms with Crippen LogP contribution in [0.3, 0.4) is 0 Å². The number of benzene rings is 2. The summed E-state index contributed by atoms with van der Waals surface area (Å²) >= 11 is 0. The topological polar surface area (TPSA) is 99.1 Å². The molecule has 2 unspecified atom stereocenters. The zero-order valence-electron chi connectivity index (χ0n) is 27.2. The number of carbonyl (C=O) groups excluding carboxylic acids is 3. The second-order valence-electron chi connectivity index (χ2n) is 13.3. The van der Waals surface area contributed by atoms with Crippen LogP contribution in [0.25, 0.3) is 6.08 Å². The molecule has 0 amide bonds. The molecule has 0 saturated heterocycles. The molecule has 0 aliphatic rings. The van der Waals surface area contributed by atoms with Gasteiger partial charge in [0, 0.05) is 11.6 Å². The Kier molecular flexibility index (Phi) is 14.6. The Hall–Kier alpha value is -3.18. The third-order valence-electron chi connectivity index (χ3n) is 7.33. The molecule has 0 fully saturated rings. The number of esters is 2. The van der Waals surface area contributed by atoms with Crippen molar-refractivity contribution < 1.29 is 33.7 Å². The van der Waals surface area contributed by atoms with Crippen molar-refractivity contribution in [2.45, 2.75) is 87.5 Å². The summed E-state index contributed by atoms with van der Waals surface area (Å²) in [6, 6.07) is 11.1. The van der Waals surface area contributed by atoms with E-state index in [4.69, 9.17) is 14.2 Å². The fourth-order valence-corrected chi connectivity index (χ4v) is 4.56. The Bertz CT molecular complexity index is 1240. The average Bonchev–Trinajstić information content (AvgIpc) is 2.88. The number of unbranched alkanes of at least 4 members (excludes halogenated alkanes) is 3. The maximum absolute atomic E-state index is 13.0. The molecule has 0 aromatic heterocycles. The zero-order chi connectivity index (χ0) is 31.6. The van der Waals surface area contributed by atoms with Gasteiger partial charge < -0.3 is 19.3 Å². The Labute approximate surface area is 261 Å². The van der Waals surface area contributed by atoms with Gasteiger partial charge in [0.15, 0.2) is 5.78 Å². The van der Waals surface area contributed by atoms with Crippen LogP contribution in [-0.4, -0.2) is 36.0 Å². The molecule has 43 heavy (non-hydrogen) atoms. The second-order valence-corrected chi connectivity index (χ2v) is 13.3. The van der Waals surface area contributed by atoms with Gasteiger partial charge in [-0.15, -0.1) is 0 Å². The molecule has 1 N–H and O–H groups in total. The van der Waals surface area contributed by atoms with E-state index in [0.29, 0.717) is 30.1 Å². The van der Waals surface area contributed by atoms with Crippen molar-refractivity contribution in [1.29, 1.82) is 0 Å². The van der Waals surface area contributed by atoms with Gasteiger partial charge in [-0.05, 0) is 105 Å². The van der Waals surface area contributed by atoms with E-state index in [2.05, 4.69) is 41.5 Å². The Morgan fingerprint density at radius 1 is 0.814 bits per heavy atom. The van der Waals surface area contributed by atoms with Crippen LogP contribution in [0.5, 0.6) is 17.2 Å². The Morgan fingerprint density at radius 2 is 1.40 bits per heavy atom. The van der Waals surface area contributed by atoms with E-state index < -0.39 is 11.4 Å². The smallest absolute Gasteiger partial charge is 0.343 e. The first-order chi connectivity index (χ1) is 19.5. The second kappa shape index (κ2) is 16.6. The van der Waals surface area contributed by atoms with Crippen LogP contribution in [0.15, 0.2) is 48.5 Å². The van der Waals surface area contributed by atoms with E-state index in [1.807, 2.05) is 6.92 Å². The molecule has 8 heteroatoms. The molecule has 2 atom stereocenters. The third kappa shape index (κ3) is 12.5. The van der Waals surface area contributed by atoms with Gasteiger partial charge in [-0.2, -0.15) is 9.90 Å². The van der Waals surface area contributed by atoms with Gasteiger partial charge in [0.25, 0.3) is 0 Å². The lowest BCUT2D eigenvalue weighted by atomic mass is 9.61. The van der Waals surface area contributed by atoms with E-state index in [0.717, 1.165) is 32.1 Å². The molecule has 2 aromatic carbocycles. The molecule has 0 radical (unpaired) electrons. The Morgan fingerprint density at radius 3 is 1.93 bits per heavy atom. The first kappa shape index (κ1) is 37.8. The summed E-state index contributed by atoms with van der Waals surface area (Å²) in [6.45, 7) is 17.2. The van der Waals surface area contributed by atoms with E-state index >= 15 is 0 Å². The number of rotatable bonds is 14. The number of hydrogen-bond donors (Lipinski definition) is 1. The number of ether oxygens (including phenoxy) is 3. The van der Waals surface area contributed by atoms with Crippen molar-refractivity contribution in [3.05, 3.63) is 59.7 Å². The quantitative estimate of drug-likeness (QED) is 0.0752. The van der Waals surface area contributed by atoms with Crippen molar-refractivity contribution in [2.24, 2.45) is 16.2 Å². The number of carbonyl (C=O) groups is 3. The summed E-state index contributed by atoms with van der Waals surface area (Å²) in [4.78, 5) is 36.6. The van der Waals surface area contributed by atoms with Crippen molar-refractivity contribution in [1.82, 2.24) is 0 Å². The molecule has 0 bridgehead atoms. The maximum atomic E-state index is 13.0. The number of hydrogen-bond acceptors (Lipinski definition) is 7. The van der Waals surface area contributed by atoms with E-state index in [9.17, 15) is 19.5 Å². The van der Waals surface area contributed by atoms with Crippen molar-refractivity contribution in [2.75, 3.05) is 13.2 Å². The standard InChI is InChI=1S/C35H48O7.H3P/c1-25(36)13-14-26-15-20-29(23-30(26)37)42-31(38)27-16-18-28(19-17-27)40-21-11-9-10-12-22-41-32(39)35(8,34(5,6)7)24-33(2,3)4;/h13-20,23,37H,9-12,21-22,24H2,1-8H3;1H3/b14-13-;. The number of ketones is 1. The zero-order valence-corrected chi connectivity index (χ0v) is 28.7. The molecule has 0 spiro atoms. The van der Waals surface area contributed by atoms with E-state index in [-0.39, 0.29) is 44.0 Å². The SMILES string of the molecule is CC(=O)/C=C\c1ccc(OC(=O)c2ccc(OCCCCCCOC(=O)C(C)(CC(C)(C)C)C(C)(C)C)cc2)cc1O.P. The predicted molar refractivity (Wildman–Crippen MR) is 177 cm³/mol. The summed E-state index contributed by atoms with van der Waals surface area (Å²) < 4.78 is 16.9. The van der Waals surface area contributed by atoms with Crippen LogP contribution >= 0.6 is 9.90 Å². The van der Waals surface area contributed by atoms with E-state index in [1.54, 1.807) is 36.4 Å². The summed E-state index contributed by atoms with van der Waals surface area (Å²) in [7, 11) is 0. The maximum Gasteiger partial charge on any atom is 0.343 e. The lowest BCUT2D eigenvalue weighted by Crippen LogP contribution is -2.44. The van der Waals surface area contributed by atoms with Gasteiger partial charge in [-0.25, -0.2) is 4.79 Å². The monoisotopic (exact) mass is 614 g/mol. The molecule has 7 nitrogen and oxygen atoms in total. The molecule has 0 heterocycles. The largest absolute Gasteiger partial charge is 0.507 e. The minimum absolute atomic E-state index is 0. The molecular formula is C35H51O7P. The summed E-state index contributed by atoms with van der Waals surface area (Å²) in [5, 5.41) is 10.1. The number of phenolic OH excluding ortho intramolecular Hbond substituents is 1. The highest BCUT2D eigenvalue weighted by Crippen LogP contribution is 2.47. The van der Waals surface area contributed by atoms with Crippen LogP contribution in [0.4, 0.5) is 0 Å². The third-order valence-corrected chi connectivity index (χ3v) is 7.33. The first-order valence-electron chi connectivity index (χ1n) is 14.7. The minimum Gasteiger partial charge on any atom is -0.507 e. The number of allylic oxidation sites excluding steroid dienone is 1. The highest BCUT2D eigenvalue weighted by molar-refractivity contribution is 6.92. The Balaban J connectivity index is 0.00000924. The van der Waals surface area contributed by atoms with Gasteiger partial charge in [-0.1, -0.05) is 41.5 Å². The van der Waals surface area contributed by atoms with Crippen molar-refractivity contribution in [3.63, 3.8) is 0 Å². The molecule has 2 aromatic rings. The van der Waals surface area contributed by atoms with Gasteiger partial charge in [0.05, 0.1) is 24.2 Å². The molecule has 238 valence electrons. The highest BCUT2D eigenvalue weighted by Gasteiger charge is 2.47. The van der Waals surface area contributed by atoms with Crippen molar-refractivity contribution in [3.8, 4) is 17.2 Å². The van der Waals surface area contributed by atoms with Crippen molar-refractivity contribution >= 4 is 33.7 Å². The van der Waals surface area contributed by atoms with E-state index in [1.165, 1.54) is 25.1 Å². The van der Waals surface area contributed by atoms with Gasteiger partial charge >= 0.3 is 11.9 Å². The lowest BCUT2D eigenvalue weighted by molar-refractivity contribution is -0.165. The minimum atomic E-state index is -0.560. The molecule has 0 aliphatic heterocycles. The normalized spacial score (nSPS) is 13.1. The van der Waals surface area contributed by atoms with Crippen LogP contribution in [0.1, 0.15) is 103 Å². The highest BCUT2D eigenvalue weighted by atomic mass is 31.0.